The average molecular weight is 313 g/mol. The average Bonchev–Trinajstić information content (AvgIpc) is 2.42. The molecule has 0 fully saturated rings. The van der Waals surface area contributed by atoms with E-state index < -0.39 is 10.0 Å². The van der Waals surface area contributed by atoms with Crippen LogP contribution in [0.2, 0.25) is 0 Å². The molecule has 0 spiro atoms. The molecule has 3 nitrogen and oxygen atoms in total. The predicted molar refractivity (Wildman–Crippen MR) is 87.7 cm³/mol. The van der Waals surface area contributed by atoms with Crippen LogP contribution in [-0.4, -0.2) is 26.5 Å². The quantitative estimate of drug-likeness (QED) is 0.711. The number of thioether (sulfide) groups is 1. The zero-order chi connectivity index (χ0) is 15.0. The van der Waals surface area contributed by atoms with Crippen LogP contribution in [0.25, 0.3) is 0 Å². The summed E-state index contributed by atoms with van der Waals surface area (Å²) >= 11 is 1.73. The summed E-state index contributed by atoms with van der Waals surface area (Å²) in [6, 6.07) is 6.89. The fraction of sp³-hybridized carbons (Fsp3) is 0.467. The second kappa shape index (κ2) is 8.49. The van der Waals surface area contributed by atoms with Crippen molar-refractivity contribution in [3.63, 3.8) is 0 Å². The first-order valence-electron chi connectivity index (χ1n) is 6.68. The Morgan fingerprint density at radius 2 is 1.95 bits per heavy atom. The van der Waals surface area contributed by atoms with Gasteiger partial charge in [-0.3, -0.25) is 0 Å². The molecule has 0 aliphatic carbocycles. The van der Waals surface area contributed by atoms with Crippen molar-refractivity contribution in [2.24, 2.45) is 0 Å². The number of sulfonamides is 1. The van der Waals surface area contributed by atoms with E-state index in [0.29, 0.717) is 4.90 Å². The summed E-state index contributed by atoms with van der Waals surface area (Å²) in [4.78, 5) is 0.329. The Hall–Kier alpha value is -0.780. The molecular weight excluding hydrogens is 290 g/mol. The molecule has 0 aliphatic heterocycles. The third-order valence-corrected chi connectivity index (χ3v) is 5.22. The topological polar surface area (TPSA) is 46.2 Å². The number of hydrogen-bond acceptors (Lipinski definition) is 3. The first kappa shape index (κ1) is 17.3. The number of aryl methyl sites for hydroxylation is 1. The highest BCUT2D eigenvalue weighted by atomic mass is 32.2. The van der Waals surface area contributed by atoms with Crippen LogP contribution in [0.5, 0.6) is 0 Å². The Morgan fingerprint density at radius 3 is 2.50 bits per heavy atom. The molecule has 20 heavy (non-hydrogen) atoms. The normalized spacial score (nSPS) is 13.1. The molecule has 5 heteroatoms. The Labute approximate surface area is 126 Å². The van der Waals surface area contributed by atoms with Crippen LogP contribution < -0.4 is 4.72 Å². The van der Waals surface area contributed by atoms with Crippen LogP contribution in [-0.2, 0) is 10.0 Å². The largest absolute Gasteiger partial charge is 0.240 e. The van der Waals surface area contributed by atoms with E-state index in [1.54, 1.807) is 23.9 Å². The van der Waals surface area contributed by atoms with Crippen LogP contribution in [0.3, 0.4) is 0 Å². The van der Waals surface area contributed by atoms with E-state index in [9.17, 15) is 8.42 Å². The molecule has 1 N–H and O–H groups in total. The number of nitrogens with one attached hydrogen (secondary N) is 1. The van der Waals surface area contributed by atoms with Gasteiger partial charge in [0.2, 0.25) is 10.0 Å². The summed E-state index contributed by atoms with van der Waals surface area (Å²) < 4.78 is 27.5. The van der Waals surface area contributed by atoms with E-state index >= 15 is 0 Å². The van der Waals surface area contributed by atoms with Crippen molar-refractivity contribution in [2.45, 2.75) is 37.1 Å². The maximum absolute atomic E-state index is 12.3. The second-order valence-corrected chi connectivity index (χ2v) is 7.48. The highest BCUT2D eigenvalue weighted by Gasteiger charge is 2.19. The lowest BCUT2D eigenvalue weighted by molar-refractivity contribution is 0.522. The Kier molecular flexibility index (Phi) is 7.34. The lowest BCUT2D eigenvalue weighted by Gasteiger charge is -2.18. The van der Waals surface area contributed by atoms with E-state index in [1.165, 1.54) is 0 Å². The fourth-order valence-corrected chi connectivity index (χ4v) is 3.67. The van der Waals surface area contributed by atoms with Crippen LogP contribution in [0.15, 0.2) is 41.8 Å². The standard InChI is InChI=1S/C15H23NO2S2/c1-4-5-6-14(11-12-19-3)16-20(17,18)15-9-7-13(2)8-10-15/h4,7-10,14,16H,1,5-6,11-12H2,2-3H3/t14-/m1/s1. The Balaban J connectivity index is 2.78. The van der Waals surface area contributed by atoms with Crippen molar-refractivity contribution in [1.29, 1.82) is 0 Å². The van der Waals surface area contributed by atoms with Crippen molar-refractivity contribution in [3.05, 3.63) is 42.5 Å². The van der Waals surface area contributed by atoms with Gasteiger partial charge in [0, 0.05) is 6.04 Å². The molecule has 0 saturated carbocycles. The van der Waals surface area contributed by atoms with Gasteiger partial charge in [-0.05, 0) is 50.3 Å². The van der Waals surface area contributed by atoms with Crippen molar-refractivity contribution in [2.75, 3.05) is 12.0 Å². The second-order valence-electron chi connectivity index (χ2n) is 4.78. The predicted octanol–water partition coefficient (Wildman–Crippen LogP) is 3.36. The van der Waals surface area contributed by atoms with Gasteiger partial charge in [-0.15, -0.1) is 6.58 Å². The van der Waals surface area contributed by atoms with Gasteiger partial charge < -0.3 is 0 Å². The van der Waals surface area contributed by atoms with Gasteiger partial charge in [0.15, 0.2) is 0 Å². The number of benzene rings is 1. The van der Waals surface area contributed by atoms with Gasteiger partial charge in [0.1, 0.15) is 0 Å². The Morgan fingerprint density at radius 1 is 1.30 bits per heavy atom. The summed E-state index contributed by atoms with van der Waals surface area (Å²) in [6.45, 7) is 5.63. The highest BCUT2D eigenvalue weighted by Crippen LogP contribution is 2.14. The van der Waals surface area contributed by atoms with Gasteiger partial charge in [-0.25, -0.2) is 13.1 Å². The van der Waals surface area contributed by atoms with Gasteiger partial charge >= 0.3 is 0 Å². The van der Waals surface area contributed by atoms with Gasteiger partial charge in [-0.1, -0.05) is 23.8 Å². The van der Waals surface area contributed by atoms with Crippen LogP contribution in [0.1, 0.15) is 24.8 Å². The highest BCUT2D eigenvalue weighted by molar-refractivity contribution is 7.98. The van der Waals surface area contributed by atoms with Gasteiger partial charge in [-0.2, -0.15) is 11.8 Å². The fourth-order valence-electron chi connectivity index (χ4n) is 1.85. The number of hydrogen-bond donors (Lipinski definition) is 1. The van der Waals surface area contributed by atoms with Gasteiger partial charge in [0.25, 0.3) is 0 Å². The van der Waals surface area contributed by atoms with E-state index in [0.717, 1.165) is 30.6 Å². The van der Waals surface area contributed by atoms with E-state index in [2.05, 4.69) is 11.3 Å². The number of rotatable bonds is 9. The summed E-state index contributed by atoms with van der Waals surface area (Å²) in [5, 5.41) is 0. The van der Waals surface area contributed by atoms with E-state index in [-0.39, 0.29) is 6.04 Å². The van der Waals surface area contributed by atoms with Crippen molar-refractivity contribution in [1.82, 2.24) is 4.72 Å². The first-order chi connectivity index (χ1) is 9.49. The van der Waals surface area contributed by atoms with E-state index in [1.807, 2.05) is 31.4 Å². The summed E-state index contributed by atoms with van der Waals surface area (Å²) in [5.41, 5.74) is 1.05. The molecule has 1 atom stereocenters. The molecule has 0 aliphatic rings. The van der Waals surface area contributed by atoms with Crippen LogP contribution >= 0.6 is 11.8 Å². The molecule has 112 valence electrons. The lowest BCUT2D eigenvalue weighted by atomic mass is 10.1. The smallest absolute Gasteiger partial charge is 0.208 e. The van der Waals surface area contributed by atoms with Crippen molar-refractivity contribution in [3.8, 4) is 0 Å². The molecule has 0 radical (unpaired) electrons. The zero-order valence-corrected chi connectivity index (χ0v) is 13.8. The zero-order valence-electron chi connectivity index (χ0n) is 12.1. The van der Waals surface area contributed by atoms with Crippen LogP contribution in [0, 0.1) is 6.92 Å². The van der Waals surface area contributed by atoms with Crippen molar-refractivity contribution < 1.29 is 8.42 Å². The third kappa shape index (κ3) is 5.69. The molecule has 0 amide bonds. The molecule has 0 heterocycles. The molecule has 0 aromatic heterocycles. The molecule has 0 unspecified atom stereocenters. The summed E-state index contributed by atoms with van der Waals surface area (Å²) in [5.74, 6) is 0.943. The lowest BCUT2D eigenvalue weighted by Crippen LogP contribution is -2.35. The maximum Gasteiger partial charge on any atom is 0.240 e. The molecule has 1 aromatic carbocycles. The van der Waals surface area contributed by atoms with Gasteiger partial charge in [0.05, 0.1) is 4.90 Å². The first-order valence-corrected chi connectivity index (χ1v) is 9.56. The molecule has 0 saturated heterocycles. The molecule has 0 bridgehead atoms. The maximum atomic E-state index is 12.3. The molecular formula is C15H23NO2S2. The summed E-state index contributed by atoms with van der Waals surface area (Å²) in [7, 11) is -3.43. The van der Waals surface area contributed by atoms with Crippen molar-refractivity contribution >= 4 is 21.8 Å². The Bertz CT molecular complexity index is 509. The SMILES string of the molecule is C=CCC[C@H](CCSC)NS(=O)(=O)c1ccc(C)cc1. The molecule has 1 rings (SSSR count). The minimum absolute atomic E-state index is 0.0354. The monoisotopic (exact) mass is 313 g/mol. The van der Waals surface area contributed by atoms with Crippen LogP contribution in [0.4, 0.5) is 0 Å². The third-order valence-electron chi connectivity index (χ3n) is 3.04. The summed E-state index contributed by atoms with van der Waals surface area (Å²) in [6.07, 6.45) is 6.29. The minimum atomic E-state index is -3.43. The van der Waals surface area contributed by atoms with E-state index in [4.69, 9.17) is 0 Å². The number of allylic oxidation sites excluding steroid dienone is 1. The minimum Gasteiger partial charge on any atom is -0.208 e. The molecule has 1 aromatic rings.